The molecular weight excluding hydrogens is 279 g/mol. The van der Waals surface area contributed by atoms with Crippen molar-refractivity contribution in [1.82, 2.24) is 0 Å². The number of hydrogen-bond donors (Lipinski definition) is 1. The Balaban J connectivity index is 2.31. The summed E-state index contributed by atoms with van der Waals surface area (Å²) in [6, 6.07) is 5.18. The fourth-order valence-corrected chi connectivity index (χ4v) is 3.11. The van der Waals surface area contributed by atoms with Gasteiger partial charge in [-0.1, -0.05) is 19.1 Å². The van der Waals surface area contributed by atoms with Crippen LogP contribution in [0.5, 0.6) is 0 Å². The average Bonchev–Trinajstić information content (AvgIpc) is 2.26. The molecule has 0 heterocycles. The Morgan fingerprint density at radius 3 is 2.32 bits per heavy atom. The number of anilines is 1. The highest BCUT2D eigenvalue weighted by Gasteiger charge is 2.48. The minimum atomic E-state index is -5.31. The molecule has 1 aliphatic rings. The van der Waals surface area contributed by atoms with E-state index in [1.165, 1.54) is 18.2 Å². The molecule has 0 atom stereocenters. The second-order valence-electron chi connectivity index (χ2n) is 4.86. The number of rotatable bonds is 3. The number of para-hydroxylation sites is 1. The van der Waals surface area contributed by atoms with Gasteiger partial charge in [-0.25, -0.2) is 8.42 Å². The molecule has 0 aromatic heterocycles. The van der Waals surface area contributed by atoms with Crippen LogP contribution in [0.1, 0.15) is 19.8 Å². The molecule has 0 amide bonds. The summed E-state index contributed by atoms with van der Waals surface area (Å²) >= 11 is 0. The fraction of sp³-hybridized carbons (Fsp3) is 0.500. The van der Waals surface area contributed by atoms with Crippen LogP contribution in [0.15, 0.2) is 29.2 Å². The topological polar surface area (TPSA) is 46.2 Å². The predicted molar refractivity (Wildman–Crippen MR) is 65.5 cm³/mol. The quantitative estimate of drug-likeness (QED) is 0.931. The Morgan fingerprint density at radius 1 is 1.21 bits per heavy atom. The van der Waals surface area contributed by atoms with E-state index in [0.717, 1.165) is 18.9 Å². The van der Waals surface area contributed by atoms with Crippen molar-refractivity contribution < 1.29 is 21.6 Å². The maximum absolute atomic E-state index is 12.6. The van der Waals surface area contributed by atoms with Crippen molar-refractivity contribution in [2.24, 2.45) is 5.92 Å². The van der Waals surface area contributed by atoms with Gasteiger partial charge in [0.05, 0.1) is 10.6 Å². The van der Waals surface area contributed by atoms with Crippen LogP contribution < -0.4 is 5.32 Å². The van der Waals surface area contributed by atoms with Crippen LogP contribution in [0.25, 0.3) is 0 Å². The highest BCUT2D eigenvalue weighted by Crippen LogP contribution is 2.36. The summed E-state index contributed by atoms with van der Waals surface area (Å²) in [5.74, 6) is 0.517. The van der Waals surface area contributed by atoms with Gasteiger partial charge in [-0.3, -0.25) is 0 Å². The molecule has 0 bridgehead atoms. The van der Waals surface area contributed by atoms with Gasteiger partial charge in [0.25, 0.3) is 9.84 Å². The van der Waals surface area contributed by atoms with E-state index in [2.05, 4.69) is 5.32 Å². The first kappa shape index (κ1) is 14.2. The summed E-state index contributed by atoms with van der Waals surface area (Å²) in [6.45, 7) is 2.04. The van der Waals surface area contributed by atoms with Gasteiger partial charge in [0.2, 0.25) is 0 Å². The van der Waals surface area contributed by atoms with E-state index in [0.29, 0.717) is 5.92 Å². The molecule has 0 radical (unpaired) electrons. The third-order valence-corrected chi connectivity index (χ3v) is 4.76. The minimum absolute atomic E-state index is 0.0247. The number of hydrogen-bond acceptors (Lipinski definition) is 3. The SMILES string of the molecule is CC1CC(Nc2ccccc2S(=O)(=O)C(F)(F)F)C1. The van der Waals surface area contributed by atoms with Crippen molar-refractivity contribution >= 4 is 15.5 Å². The van der Waals surface area contributed by atoms with E-state index in [9.17, 15) is 21.6 Å². The molecular formula is C12H14F3NO2S. The van der Waals surface area contributed by atoms with Gasteiger partial charge >= 0.3 is 5.51 Å². The number of nitrogens with one attached hydrogen (secondary N) is 1. The first-order valence-corrected chi connectivity index (χ1v) is 7.37. The van der Waals surface area contributed by atoms with Gasteiger partial charge in [0.1, 0.15) is 0 Å². The summed E-state index contributed by atoms with van der Waals surface area (Å²) in [5, 5.41) is 2.88. The normalized spacial score (nSPS) is 23.8. The zero-order chi connectivity index (χ0) is 14.3. The van der Waals surface area contributed by atoms with Crippen LogP contribution >= 0.6 is 0 Å². The van der Waals surface area contributed by atoms with E-state index >= 15 is 0 Å². The van der Waals surface area contributed by atoms with Crippen molar-refractivity contribution in [1.29, 1.82) is 0 Å². The fourth-order valence-electron chi connectivity index (χ4n) is 2.19. The zero-order valence-electron chi connectivity index (χ0n) is 10.2. The predicted octanol–water partition coefficient (Wildman–Crippen LogP) is 3.19. The molecule has 0 unspecified atom stereocenters. The van der Waals surface area contributed by atoms with Gasteiger partial charge in [-0.05, 0) is 30.9 Å². The molecule has 0 spiro atoms. The summed E-state index contributed by atoms with van der Waals surface area (Å²) in [6.07, 6.45) is 1.67. The molecule has 1 saturated carbocycles. The molecule has 7 heteroatoms. The molecule has 1 fully saturated rings. The molecule has 0 saturated heterocycles. The van der Waals surface area contributed by atoms with Crippen LogP contribution in [0.4, 0.5) is 18.9 Å². The number of sulfone groups is 1. The summed E-state index contributed by atoms with van der Waals surface area (Å²) < 4.78 is 60.7. The van der Waals surface area contributed by atoms with E-state index in [-0.39, 0.29) is 11.7 Å². The standard InChI is InChI=1S/C12H14F3NO2S/c1-8-6-9(7-8)16-10-4-2-3-5-11(10)19(17,18)12(13,14)15/h2-5,8-9,16H,6-7H2,1H3. The van der Waals surface area contributed by atoms with E-state index in [1.54, 1.807) is 0 Å². The van der Waals surface area contributed by atoms with Crippen molar-refractivity contribution in [3.63, 3.8) is 0 Å². The molecule has 106 valence electrons. The molecule has 1 aromatic rings. The Bertz CT molecular complexity index is 563. The highest BCUT2D eigenvalue weighted by atomic mass is 32.2. The van der Waals surface area contributed by atoms with Gasteiger partial charge in [-0.15, -0.1) is 0 Å². The van der Waals surface area contributed by atoms with Gasteiger partial charge < -0.3 is 5.32 Å². The van der Waals surface area contributed by atoms with Crippen molar-refractivity contribution in [3.05, 3.63) is 24.3 Å². The second kappa shape index (κ2) is 4.70. The third kappa shape index (κ3) is 2.70. The maximum Gasteiger partial charge on any atom is 0.501 e. The van der Waals surface area contributed by atoms with Crippen LogP contribution in [0, 0.1) is 5.92 Å². The van der Waals surface area contributed by atoms with Gasteiger partial charge in [-0.2, -0.15) is 13.2 Å². The van der Waals surface area contributed by atoms with Crippen LogP contribution in [0.2, 0.25) is 0 Å². The van der Waals surface area contributed by atoms with Crippen molar-refractivity contribution in [2.75, 3.05) is 5.32 Å². The second-order valence-corrected chi connectivity index (χ2v) is 6.77. The van der Waals surface area contributed by atoms with E-state index in [1.807, 2.05) is 6.92 Å². The van der Waals surface area contributed by atoms with Crippen molar-refractivity contribution in [2.45, 2.75) is 36.2 Å². The molecule has 1 aromatic carbocycles. The van der Waals surface area contributed by atoms with E-state index < -0.39 is 20.2 Å². The number of halogens is 3. The lowest BCUT2D eigenvalue weighted by atomic mass is 9.82. The Morgan fingerprint density at radius 2 is 1.79 bits per heavy atom. The molecule has 3 nitrogen and oxygen atoms in total. The molecule has 1 N–H and O–H groups in total. The monoisotopic (exact) mass is 293 g/mol. The Kier molecular flexibility index (Phi) is 3.51. The van der Waals surface area contributed by atoms with Gasteiger partial charge in [0.15, 0.2) is 0 Å². The van der Waals surface area contributed by atoms with Crippen LogP contribution in [-0.4, -0.2) is 20.0 Å². The number of alkyl halides is 3. The highest BCUT2D eigenvalue weighted by molar-refractivity contribution is 7.92. The molecule has 0 aliphatic heterocycles. The summed E-state index contributed by atoms with van der Waals surface area (Å²) in [7, 11) is -5.31. The molecule has 1 aliphatic carbocycles. The summed E-state index contributed by atoms with van der Waals surface area (Å²) in [4.78, 5) is -0.706. The largest absolute Gasteiger partial charge is 0.501 e. The molecule has 2 rings (SSSR count). The Labute approximate surface area is 109 Å². The number of benzene rings is 1. The lowest BCUT2D eigenvalue weighted by Crippen LogP contribution is -2.34. The lowest BCUT2D eigenvalue weighted by molar-refractivity contribution is -0.0435. The lowest BCUT2D eigenvalue weighted by Gasteiger charge is -2.34. The molecule has 19 heavy (non-hydrogen) atoms. The van der Waals surface area contributed by atoms with Gasteiger partial charge in [0, 0.05) is 6.04 Å². The third-order valence-electron chi connectivity index (χ3n) is 3.21. The average molecular weight is 293 g/mol. The minimum Gasteiger partial charge on any atom is -0.381 e. The van der Waals surface area contributed by atoms with Crippen LogP contribution in [0.3, 0.4) is 0 Å². The maximum atomic E-state index is 12.6. The first-order chi connectivity index (χ1) is 8.72. The Hall–Kier alpha value is -1.24. The zero-order valence-corrected chi connectivity index (χ0v) is 11.1. The smallest absolute Gasteiger partial charge is 0.381 e. The van der Waals surface area contributed by atoms with Crippen LogP contribution in [-0.2, 0) is 9.84 Å². The summed E-state index contributed by atoms with van der Waals surface area (Å²) in [5.41, 5.74) is -5.26. The van der Waals surface area contributed by atoms with E-state index in [4.69, 9.17) is 0 Å². The first-order valence-electron chi connectivity index (χ1n) is 5.88. The van der Waals surface area contributed by atoms with Crippen molar-refractivity contribution in [3.8, 4) is 0 Å².